The van der Waals surface area contributed by atoms with Gasteiger partial charge in [0, 0.05) is 17.1 Å². The summed E-state index contributed by atoms with van der Waals surface area (Å²) in [5.74, 6) is -0.214. The molecule has 2 rings (SSSR count). The molecule has 4 heteroatoms. The molecule has 0 saturated carbocycles. The van der Waals surface area contributed by atoms with Crippen molar-refractivity contribution in [2.24, 2.45) is 0 Å². The van der Waals surface area contributed by atoms with Gasteiger partial charge in [-0.05, 0) is 54.2 Å². The zero-order valence-electron chi connectivity index (χ0n) is 10.8. The Morgan fingerprint density at radius 1 is 1.56 bits per heavy atom. The second-order valence-corrected chi connectivity index (χ2v) is 5.94. The molecule has 0 spiro atoms. The summed E-state index contributed by atoms with van der Waals surface area (Å²) in [6, 6.07) is 5.29. The lowest BCUT2D eigenvalue weighted by atomic mass is 9.90. The molecule has 0 aliphatic carbocycles. The Morgan fingerprint density at radius 3 is 3.00 bits per heavy atom. The van der Waals surface area contributed by atoms with Crippen LogP contribution < -0.4 is 5.32 Å². The summed E-state index contributed by atoms with van der Waals surface area (Å²) >= 11 is 3.39. The number of anilines is 1. The van der Waals surface area contributed by atoms with E-state index in [2.05, 4.69) is 35.1 Å². The summed E-state index contributed by atoms with van der Waals surface area (Å²) < 4.78 is 20.3. The molecule has 1 aromatic rings. The van der Waals surface area contributed by atoms with Crippen LogP contribution in [0.5, 0.6) is 0 Å². The predicted molar refractivity (Wildman–Crippen MR) is 75.4 cm³/mol. The third-order valence-electron chi connectivity index (χ3n) is 3.65. The van der Waals surface area contributed by atoms with Gasteiger partial charge in [0.05, 0.1) is 11.3 Å². The van der Waals surface area contributed by atoms with Gasteiger partial charge in [-0.15, -0.1) is 0 Å². The minimum absolute atomic E-state index is 0.0896. The maximum atomic E-state index is 13.8. The Balaban J connectivity index is 2.10. The van der Waals surface area contributed by atoms with Crippen molar-refractivity contribution in [1.82, 2.24) is 0 Å². The van der Waals surface area contributed by atoms with Crippen LogP contribution in [0.1, 0.15) is 33.1 Å². The standard InChI is InChI=1S/C14H19BrFNO/c1-3-14(2)9-10(7-8-18-14)17-13-11(15)5-4-6-12(13)16/h4-6,10,17H,3,7-9H2,1-2H3. The third-order valence-corrected chi connectivity index (χ3v) is 4.31. The Morgan fingerprint density at radius 2 is 2.33 bits per heavy atom. The Labute approximate surface area is 116 Å². The fourth-order valence-corrected chi connectivity index (χ4v) is 2.80. The quantitative estimate of drug-likeness (QED) is 0.895. The minimum atomic E-state index is -0.214. The molecule has 100 valence electrons. The molecular weight excluding hydrogens is 297 g/mol. The van der Waals surface area contributed by atoms with E-state index >= 15 is 0 Å². The molecule has 1 fully saturated rings. The van der Waals surface area contributed by atoms with Crippen LogP contribution in [-0.4, -0.2) is 18.2 Å². The molecule has 1 heterocycles. The van der Waals surface area contributed by atoms with E-state index in [9.17, 15) is 4.39 Å². The molecule has 1 N–H and O–H groups in total. The Bertz CT molecular complexity index is 406. The normalized spacial score (nSPS) is 28.1. The van der Waals surface area contributed by atoms with Gasteiger partial charge in [-0.3, -0.25) is 0 Å². The van der Waals surface area contributed by atoms with Gasteiger partial charge < -0.3 is 10.1 Å². The number of halogens is 2. The van der Waals surface area contributed by atoms with Gasteiger partial charge in [0.15, 0.2) is 0 Å². The first-order chi connectivity index (χ1) is 8.54. The van der Waals surface area contributed by atoms with Crippen molar-refractivity contribution < 1.29 is 9.13 Å². The fraction of sp³-hybridized carbons (Fsp3) is 0.571. The molecule has 1 saturated heterocycles. The zero-order valence-corrected chi connectivity index (χ0v) is 12.4. The molecule has 2 nitrogen and oxygen atoms in total. The van der Waals surface area contributed by atoms with E-state index in [0.717, 1.165) is 30.3 Å². The number of hydrogen-bond acceptors (Lipinski definition) is 2. The first kappa shape index (κ1) is 13.8. The highest BCUT2D eigenvalue weighted by atomic mass is 79.9. The van der Waals surface area contributed by atoms with Crippen molar-refractivity contribution in [2.75, 3.05) is 11.9 Å². The molecule has 0 amide bonds. The molecule has 2 atom stereocenters. The summed E-state index contributed by atoms with van der Waals surface area (Å²) in [6.45, 7) is 4.98. The lowest BCUT2D eigenvalue weighted by Crippen LogP contribution is -2.42. The van der Waals surface area contributed by atoms with Crippen molar-refractivity contribution in [3.8, 4) is 0 Å². The van der Waals surface area contributed by atoms with Gasteiger partial charge in [-0.2, -0.15) is 0 Å². The van der Waals surface area contributed by atoms with Crippen molar-refractivity contribution in [2.45, 2.75) is 44.8 Å². The number of para-hydroxylation sites is 1. The van der Waals surface area contributed by atoms with Crippen LogP contribution in [0.15, 0.2) is 22.7 Å². The fourth-order valence-electron chi connectivity index (χ4n) is 2.34. The highest BCUT2D eigenvalue weighted by Gasteiger charge is 2.32. The number of hydrogen-bond donors (Lipinski definition) is 1. The lowest BCUT2D eigenvalue weighted by Gasteiger charge is -2.38. The number of benzene rings is 1. The molecule has 18 heavy (non-hydrogen) atoms. The molecule has 1 aliphatic heterocycles. The van der Waals surface area contributed by atoms with Gasteiger partial charge in [0.2, 0.25) is 0 Å². The monoisotopic (exact) mass is 315 g/mol. The van der Waals surface area contributed by atoms with Crippen LogP contribution in [0.25, 0.3) is 0 Å². The van der Waals surface area contributed by atoms with Crippen LogP contribution >= 0.6 is 15.9 Å². The smallest absolute Gasteiger partial charge is 0.147 e. The molecule has 0 radical (unpaired) electrons. The SMILES string of the molecule is CCC1(C)CC(Nc2c(F)cccc2Br)CCO1. The van der Waals surface area contributed by atoms with Crippen LogP contribution in [0.3, 0.4) is 0 Å². The van der Waals surface area contributed by atoms with E-state index in [0.29, 0.717) is 5.69 Å². The van der Waals surface area contributed by atoms with Gasteiger partial charge in [0.1, 0.15) is 5.82 Å². The van der Waals surface area contributed by atoms with Crippen molar-refractivity contribution in [1.29, 1.82) is 0 Å². The Hall–Kier alpha value is -0.610. The van der Waals surface area contributed by atoms with E-state index in [4.69, 9.17) is 4.74 Å². The first-order valence-corrected chi connectivity index (χ1v) is 7.18. The van der Waals surface area contributed by atoms with Crippen molar-refractivity contribution >= 4 is 21.6 Å². The third kappa shape index (κ3) is 3.04. The molecular formula is C14H19BrFNO. The van der Waals surface area contributed by atoms with Crippen molar-refractivity contribution in [3.63, 3.8) is 0 Å². The van der Waals surface area contributed by atoms with Gasteiger partial charge in [0.25, 0.3) is 0 Å². The molecule has 1 aromatic carbocycles. The highest BCUT2D eigenvalue weighted by Crippen LogP contribution is 2.32. The van der Waals surface area contributed by atoms with E-state index in [1.165, 1.54) is 6.07 Å². The zero-order chi connectivity index (χ0) is 13.2. The summed E-state index contributed by atoms with van der Waals surface area (Å²) in [4.78, 5) is 0. The number of rotatable bonds is 3. The topological polar surface area (TPSA) is 21.3 Å². The number of ether oxygens (including phenoxy) is 1. The Kier molecular flexibility index (Phi) is 4.28. The second-order valence-electron chi connectivity index (χ2n) is 5.08. The largest absolute Gasteiger partial charge is 0.379 e. The second kappa shape index (κ2) is 5.57. The summed E-state index contributed by atoms with van der Waals surface area (Å²) in [6.07, 6.45) is 2.80. The van der Waals surface area contributed by atoms with Gasteiger partial charge >= 0.3 is 0 Å². The summed E-state index contributed by atoms with van der Waals surface area (Å²) in [5.41, 5.74) is 0.469. The minimum Gasteiger partial charge on any atom is -0.379 e. The van der Waals surface area contributed by atoms with E-state index in [-0.39, 0.29) is 17.5 Å². The maximum absolute atomic E-state index is 13.8. The first-order valence-electron chi connectivity index (χ1n) is 6.38. The summed E-state index contributed by atoms with van der Waals surface area (Å²) in [5, 5.41) is 3.31. The molecule has 0 bridgehead atoms. The molecule has 2 unspecified atom stereocenters. The highest BCUT2D eigenvalue weighted by molar-refractivity contribution is 9.10. The average molecular weight is 316 g/mol. The van der Waals surface area contributed by atoms with Crippen molar-refractivity contribution in [3.05, 3.63) is 28.5 Å². The van der Waals surface area contributed by atoms with Crippen LogP contribution in [0.4, 0.5) is 10.1 Å². The van der Waals surface area contributed by atoms with Crippen LogP contribution in [-0.2, 0) is 4.74 Å². The van der Waals surface area contributed by atoms with E-state index in [1.54, 1.807) is 6.07 Å². The maximum Gasteiger partial charge on any atom is 0.147 e. The predicted octanol–water partition coefficient (Wildman–Crippen LogP) is 4.35. The molecule has 0 aromatic heterocycles. The number of nitrogens with one attached hydrogen (secondary N) is 1. The summed E-state index contributed by atoms with van der Waals surface area (Å²) in [7, 11) is 0. The van der Waals surface area contributed by atoms with E-state index < -0.39 is 0 Å². The van der Waals surface area contributed by atoms with Gasteiger partial charge in [-0.1, -0.05) is 13.0 Å². The molecule has 1 aliphatic rings. The van der Waals surface area contributed by atoms with Crippen LogP contribution in [0.2, 0.25) is 0 Å². The average Bonchev–Trinajstić information content (AvgIpc) is 2.34. The van der Waals surface area contributed by atoms with Crippen LogP contribution in [0, 0.1) is 5.82 Å². The van der Waals surface area contributed by atoms with Gasteiger partial charge in [-0.25, -0.2) is 4.39 Å². The van der Waals surface area contributed by atoms with E-state index in [1.807, 2.05) is 6.07 Å². The lowest BCUT2D eigenvalue weighted by molar-refractivity contribution is -0.0709.